The van der Waals surface area contributed by atoms with Crippen molar-refractivity contribution in [1.29, 1.82) is 0 Å². The molecule has 0 amide bonds. The number of aliphatic hydroxyl groups excluding tert-OH is 1. The second-order valence-electron chi connectivity index (χ2n) is 4.72. The Bertz CT molecular complexity index is 389. The SMILES string of the molecule is CN(CCC(=O)O)S(=O)(=O)NC1(CO)CCCC1. The molecule has 106 valence electrons. The summed E-state index contributed by atoms with van der Waals surface area (Å²) in [5.41, 5.74) is -0.781. The minimum atomic E-state index is -3.75. The standard InChI is InChI=1S/C10H20N2O5S/c1-12(7-4-9(14)15)18(16,17)11-10(8-13)5-2-3-6-10/h11,13H,2-8H2,1H3,(H,14,15). The van der Waals surface area contributed by atoms with Crippen LogP contribution in [0, 0.1) is 0 Å². The van der Waals surface area contributed by atoms with E-state index in [0.29, 0.717) is 12.8 Å². The van der Waals surface area contributed by atoms with Crippen LogP contribution < -0.4 is 4.72 Å². The van der Waals surface area contributed by atoms with Gasteiger partial charge in [0, 0.05) is 13.6 Å². The smallest absolute Gasteiger partial charge is 0.304 e. The lowest BCUT2D eigenvalue weighted by Crippen LogP contribution is -2.53. The Morgan fingerprint density at radius 1 is 1.39 bits per heavy atom. The molecule has 3 N–H and O–H groups in total. The zero-order valence-electron chi connectivity index (χ0n) is 10.4. The molecule has 0 aromatic rings. The zero-order chi connectivity index (χ0) is 13.8. The molecule has 7 nitrogen and oxygen atoms in total. The van der Waals surface area contributed by atoms with Gasteiger partial charge in [-0.15, -0.1) is 0 Å². The number of hydrogen-bond donors (Lipinski definition) is 3. The van der Waals surface area contributed by atoms with E-state index in [1.165, 1.54) is 7.05 Å². The van der Waals surface area contributed by atoms with Gasteiger partial charge in [0.2, 0.25) is 0 Å². The largest absolute Gasteiger partial charge is 0.481 e. The topological polar surface area (TPSA) is 107 Å². The van der Waals surface area contributed by atoms with Crippen molar-refractivity contribution in [1.82, 2.24) is 9.03 Å². The van der Waals surface area contributed by atoms with Gasteiger partial charge in [0.05, 0.1) is 18.6 Å². The van der Waals surface area contributed by atoms with Gasteiger partial charge >= 0.3 is 5.97 Å². The molecule has 0 spiro atoms. The molecule has 0 saturated heterocycles. The van der Waals surface area contributed by atoms with Crippen LogP contribution in [0.15, 0.2) is 0 Å². The first-order chi connectivity index (χ1) is 8.31. The van der Waals surface area contributed by atoms with Crippen molar-refractivity contribution in [3.05, 3.63) is 0 Å². The Morgan fingerprint density at radius 3 is 2.39 bits per heavy atom. The molecule has 1 aliphatic rings. The van der Waals surface area contributed by atoms with E-state index in [9.17, 15) is 18.3 Å². The van der Waals surface area contributed by atoms with Crippen molar-refractivity contribution in [2.45, 2.75) is 37.6 Å². The molecule has 0 aliphatic heterocycles. The molecule has 1 saturated carbocycles. The molecule has 0 aromatic heterocycles. The summed E-state index contributed by atoms with van der Waals surface area (Å²) in [5, 5.41) is 17.9. The number of carboxylic acids is 1. The fraction of sp³-hybridized carbons (Fsp3) is 0.900. The Labute approximate surface area is 107 Å². The number of aliphatic carboxylic acids is 1. The quantitative estimate of drug-likeness (QED) is 0.584. The minimum absolute atomic E-state index is 0.0911. The summed E-state index contributed by atoms with van der Waals surface area (Å²) >= 11 is 0. The number of carbonyl (C=O) groups is 1. The van der Waals surface area contributed by atoms with Gasteiger partial charge in [-0.1, -0.05) is 12.8 Å². The van der Waals surface area contributed by atoms with E-state index in [-0.39, 0.29) is 19.6 Å². The van der Waals surface area contributed by atoms with Crippen molar-refractivity contribution in [2.24, 2.45) is 0 Å². The summed E-state index contributed by atoms with van der Waals surface area (Å²) in [6.07, 6.45) is 2.72. The molecule has 1 rings (SSSR count). The van der Waals surface area contributed by atoms with Crippen LogP contribution in [0.25, 0.3) is 0 Å². The third-order valence-electron chi connectivity index (χ3n) is 3.26. The maximum Gasteiger partial charge on any atom is 0.304 e. The molecule has 0 unspecified atom stereocenters. The van der Waals surface area contributed by atoms with Gasteiger partial charge in [-0.2, -0.15) is 17.4 Å². The fourth-order valence-electron chi connectivity index (χ4n) is 2.07. The van der Waals surface area contributed by atoms with E-state index in [1.807, 2.05) is 0 Å². The molecule has 0 radical (unpaired) electrons. The lowest BCUT2D eigenvalue weighted by molar-refractivity contribution is -0.137. The summed E-state index contributed by atoms with van der Waals surface area (Å²) in [4.78, 5) is 10.4. The van der Waals surface area contributed by atoms with Crippen LogP contribution in [-0.4, -0.2) is 54.6 Å². The second kappa shape index (κ2) is 5.96. The normalized spacial score (nSPS) is 19.3. The zero-order valence-corrected chi connectivity index (χ0v) is 11.2. The molecule has 0 heterocycles. The van der Waals surface area contributed by atoms with Gasteiger partial charge in [-0.05, 0) is 12.8 Å². The molecule has 0 aromatic carbocycles. The van der Waals surface area contributed by atoms with Gasteiger partial charge in [0.1, 0.15) is 0 Å². The van der Waals surface area contributed by atoms with Crippen LogP contribution in [0.1, 0.15) is 32.1 Å². The van der Waals surface area contributed by atoms with Crippen molar-refractivity contribution in [2.75, 3.05) is 20.2 Å². The lowest BCUT2D eigenvalue weighted by atomic mass is 10.0. The molecular formula is C10H20N2O5S. The van der Waals surface area contributed by atoms with Crippen molar-refractivity contribution in [3.63, 3.8) is 0 Å². The molecular weight excluding hydrogens is 260 g/mol. The van der Waals surface area contributed by atoms with E-state index in [4.69, 9.17) is 5.11 Å². The van der Waals surface area contributed by atoms with E-state index in [0.717, 1.165) is 17.1 Å². The molecule has 0 bridgehead atoms. The molecule has 0 atom stereocenters. The average Bonchev–Trinajstić information content (AvgIpc) is 2.74. The van der Waals surface area contributed by atoms with Gasteiger partial charge < -0.3 is 10.2 Å². The average molecular weight is 280 g/mol. The first-order valence-corrected chi connectivity index (χ1v) is 7.33. The summed E-state index contributed by atoms with van der Waals surface area (Å²) in [7, 11) is -2.43. The first kappa shape index (κ1) is 15.4. The Kier molecular flexibility index (Phi) is 5.09. The number of carboxylic acid groups (broad SMARTS) is 1. The number of hydrogen-bond acceptors (Lipinski definition) is 4. The summed E-state index contributed by atoms with van der Waals surface area (Å²) < 4.78 is 27.4. The predicted octanol–water partition coefficient (Wildman–Crippen LogP) is -0.468. The highest BCUT2D eigenvalue weighted by Gasteiger charge is 2.38. The van der Waals surface area contributed by atoms with Crippen molar-refractivity contribution >= 4 is 16.2 Å². The van der Waals surface area contributed by atoms with Gasteiger partial charge in [-0.25, -0.2) is 0 Å². The number of nitrogens with one attached hydrogen (secondary N) is 1. The second-order valence-corrected chi connectivity index (χ2v) is 6.50. The highest BCUT2D eigenvalue weighted by molar-refractivity contribution is 7.87. The van der Waals surface area contributed by atoms with Crippen LogP contribution in [0.5, 0.6) is 0 Å². The van der Waals surface area contributed by atoms with E-state index in [2.05, 4.69) is 4.72 Å². The monoisotopic (exact) mass is 280 g/mol. The van der Waals surface area contributed by atoms with E-state index < -0.39 is 21.7 Å². The molecule has 1 fully saturated rings. The number of rotatable bonds is 7. The summed E-state index contributed by atoms with van der Waals surface area (Å²) in [6, 6.07) is 0. The summed E-state index contributed by atoms with van der Waals surface area (Å²) in [5.74, 6) is -1.05. The number of aliphatic hydroxyl groups is 1. The van der Waals surface area contributed by atoms with Crippen LogP contribution in [0.2, 0.25) is 0 Å². The maximum absolute atomic E-state index is 12.0. The van der Waals surface area contributed by atoms with Crippen LogP contribution >= 0.6 is 0 Å². The molecule has 18 heavy (non-hydrogen) atoms. The van der Waals surface area contributed by atoms with Crippen LogP contribution in [-0.2, 0) is 15.0 Å². The lowest BCUT2D eigenvalue weighted by Gasteiger charge is -2.30. The molecule has 8 heteroatoms. The van der Waals surface area contributed by atoms with E-state index >= 15 is 0 Å². The predicted molar refractivity (Wildman–Crippen MR) is 65.2 cm³/mol. The van der Waals surface area contributed by atoms with Crippen molar-refractivity contribution < 1.29 is 23.4 Å². The highest BCUT2D eigenvalue weighted by atomic mass is 32.2. The Morgan fingerprint density at radius 2 is 1.94 bits per heavy atom. The maximum atomic E-state index is 12.0. The van der Waals surface area contributed by atoms with E-state index in [1.54, 1.807) is 0 Å². The minimum Gasteiger partial charge on any atom is -0.481 e. The van der Waals surface area contributed by atoms with Gasteiger partial charge in [-0.3, -0.25) is 4.79 Å². The fourth-order valence-corrected chi connectivity index (χ4v) is 3.37. The van der Waals surface area contributed by atoms with Gasteiger partial charge in [0.15, 0.2) is 0 Å². The Hall–Kier alpha value is -0.700. The molecule has 1 aliphatic carbocycles. The van der Waals surface area contributed by atoms with Crippen LogP contribution in [0.3, 0.4) is 0 Å². The van der Waals surface area contributed by atoms with Crippen LogP contribution in [0.4, 0.5) is 0 Å². The third kappa shape index (κ3) is 3.91. The first-order valence-electron chi connectivity index (χ1n) is 5.89. The third-order valence-corrected chi connectivity index (χ3v) is 4.95. The Balaban J connectivity index is 2.65. The summed E-state index contributed by atoms with van der Waals surface area (Å²) in [6.45, 7) is -0.328. The van der Waals surface area contributed by atoms with Gasteiger partial charge in [0.25, 0.3) is 10.2 Å². The number of nitrogens with zero attached hydrogens (tertiary/aromatic N) is 1. The highest BCUT2D eigenvalue weighted by Crippen LogP contribution is 2.30. The van der Waals surface area contributed by atoms with Crippen molar-refractivity contribution in [3.8, 4) is 0 Å².